The van der Waals surface area contributed by atoms with Gasteiger partial charge in [-0.25, -0.2) is 19.7 Å². The van der Waals surface area contributed by atoms with Gasteiger partial charge in [-0.1, -0.05) is 23.8 Å². The van der Waals surface area contributed by atoms with Crippen LogP contribution in [0.3, 0.4) is 0 Å². The van der Waals surface area contributed by atoms with Crippen LogP contribution in [0.25, 0.3) is 11.4 Å². The van der Waals surface area contributed by atoms with Crippen molar-refractivity contribution in [2.24, 2.45) is 0 Å². The third-order valence-electron chi connectivity index (χ3n) is 3.47. The first-order valence-electron chi connectivity index (χ1n) is 7.99. The lowest BCUT2D eigenvalue weighted by Gasteiger charge is -2.10. The Hall–Kier alpha value is -2.51. The number of hydrogen-bond acceptors (Lipinski definition) is 7. The molecule has 134 valence electrons. The fraction of sp³-hybridized carbons (Fsp3) is 0.222. The number of benzene rings is 1. The van der Waals surface area contributed by atoms with Crippen LogP contribution < -0.4 is 5.32 Å². The predicted molar refractivity (Wildman–Crippen MR) is 103 cm³/mol. The number of ether oxygens (including phenoxy) is 1. The number of esters is 1. The van der Waals surface area contributed by atoms with Crippen LogP contribution in [0.1, 0.15) is 28.5 Å². The van der Waals surface area contributed by atoms with Crippen molar-refractivity contribution >= 4 is 39.9 Å². The lowest BCUT2D eigenvalue weighted by molar-refractivity contribution is 0.0526. The molecule has 0 bridgehead atoms. The largest absolute Gasteiger partial charge is 0.462 e. The second-order valence-corrected chi connectivity index (χ2v) is 6.57. The summed E-state index contributed by atoms with van der Waals surface area (Å²) in [6.45, 7) is 4.02. The number of thiazole rings is 1. The Balaban J connectivity index is 2.01. The van der Waals surface area contributed by atoms with Gasteiger partial charge in [0.05, 0.1) is 18.2 Å². The van der Waals surface area contributed by atoms with Gasteiger partial charge < -0.3 is 10.1 Å². The summed E-state index contributed by atoms with van der Waals surface area (Å²) in [6, 6.07) is 7.84. The number of alkyl halides is 1. The van der Waals surface area contributed by atoms with E-state index >= 15 is 0 Å². The molecule has 0 radical (unpaired) electrons. The average Bonchev–Trinajstić information content (AvgIpc) is 3.09. The highest BCUT2D eigenvalue weighted by atomic mass is 35.5. The lowest BCUT2D eigenvalue weighted by atomic mass is 10.1. The first-order valence-corrected chi connectivity index (χ1v) is 9.40. The molecule has 2 heterocycles. The molecule has 26 heavy (non-hydrogen) atoms. The van der Waals surface area contributed by atoms with Gasteiger partial charge in [0.15, 0.2) is 16.8 Å². The summed E-state index contributed by atoms with van der Waals surface area (Å²) in [5.41, 5.74) is 2.97. The Bertz CT molecular complexity index is 929. The SMILES string of the molecule is CCOC(=O)c1cnc(-c2cccc(C)c2)nc1Nc1nc(CCl)cs1. The normalized spacial score (nSPS) is 10.6. The Morgan fingerprint density at radius 2 is 2.19 bits per heavy atom. The summed E-state index contributed by atoms with van der Waals surface area (Å²) in [5, 5.41) is 5.53. The van der Waals surface area contributed by atoms with Crippen LogP contribution in [-0.4, -0.2) is 27.5 Å². The average molecular weight is 389 g/mol. The molecule has 0 spiro atoms. The van der Waals surface area contributed by atoms with Crippen LogP contribution in [-0.2, 0) is 10.6 Å². The molecule has 6 nitrogen and oxygen atoms in total. The van der Waals surface area contributed by atoms with Crippen molar-refractivity contribution in [1.29, 1.82) is 0 Å². The molecule has 3 aromatic rings. The van der Waals surface area contributed by atoms with Crippen molar-refractivity contribution in [2.75, 3.05) is 11.9 Å². The molecule has 1 N–H and O–H groups in total. The monoisotopic (exact) mass is 388 g/mol. The third kappa shape index (κ3) is 4.17. The number of carbonyl (C=O) groups excluding carboxylic acids is 1. The van der Waals surface area contributed by atoms with Crippen molar-refractivity contribution in [3.8, 4) is 11.4 Å². The van der Waals surface area contributed by atoms with E-state index < -0.39 is 5.97 Å². The molecule has 0 fully saturated rings. The first-order chi connectivity index (χ1) is 12.6. The van der Waals surface area contributed by atoms with Crippen LogP contribution in [0, 0.1) is 6.92 Å². The van der Waals surface area contributed by atoms with E-state index in [1.165, 1.54) is 17.5 Å². The highest BCUT2D eigenvalue weighted by Gasteiger charge is 2.18. The maximum Gasteiger partial charge on any atom is 0.343 e. The zero-order chi connectivity index (χ0) is 18.5. The van der Waals surface area contributed by atoms with Gasteiger partial charge in [-0.05, 0) is 19.9 Å². The summed E-state index contributed by atoms with van der Waals surface area (Å²) in [7, 11) is 0. The highest BCUT2D eigenvalue weighted by molar-refractivity contribution is 7.13. The maximum atomic E-state index is 12.2. The Morgan fingerprint density at radius 1 is 1.35 bits per heavy atom. The molecule has 0 aliphatic rings. The number of rotatable bonds is 6. The Morgan fingerprint density at radius 3 is 2.88 bits per heavy atom. The Labute approximate surface area is 160 Å². The molecular weight excluding hydrogens is 372 g/mol. The summed E-state index contributed by atoms with van der Waals surface area (Å²) in [6.07, 6.45) is 1.47. The van der Waals surface area contributed by atoms with Crippen molar-refractivity contribution in [1.82, 2.24) is 15.0 Å². The third-order valence-corrected chi connectivity index (χ3v) is 4.55. The van der Waals surface area contributed by atoms with E-state index in [0.717, 1.165) is 16.8 Å². The number of nitrogens with one attached hydrogen (secondary N) is 1. The summed E-state index contributed by atoms with van der Waals surface area (Å²) < 4.78 is 5.10. The molecule has 0 atom stereocenters. The number of aromatic nitrogens is 3. The number of nitrogens with zero attached hydrogens (tertiary/aromatic N) is 3. The second kappa shape index (κ2) is 8.25. The van der Waals surface area contributed by atoms with Gasteiger partial charge in [-0.3, -0.25) is 0 Å². The van der Waals surface area contributed by atoms with Crippen LogP contribution >= 0.6 is 22.9 Å². The van der Waals surface area contributed by atoms with Crippen molar-refractivity contribution in [3.63, 3.8) is 0 Å². The number of aryl methyl sites for hydroxylation is 1. The van der Waals surface area contributed by atoms with E-state index in [2.05, 4.69) is 20.3 Å². The zero-order valence-electron chi connectivity index (χ0n) is 14.3. The molecule has 2 aromatic heterocycles. The van der Waals surface area contributed by atoms with E-state index in [1.807, 2.05) is 36.6 Å². The molecule has 8 heteroatoms. The van der Waals surface area contributed by atoms with Crippen molar-refractivity contribution < 1.29 is 9.53 Å². The lowest BCUT2D eigenvalue weighted by Crippen LogP contribution is -2.11. The molecule has 0 saturated heterocycles. The molecule has 0 saturated carbocycles. The maximum absolute atomic E-state index is 12.2. The standard InChI is InChI=1S/C18H17ClN4O2S/c1-3-25-17(24)14-9-20-15(12-6-4-5-11(2)7-12)22-16(14)23-18-21-13(8-19)10-26-18/h4-7,9-10H,3,8H2,1-2H3,(H,20,21,22,23). The van der Waals surface area contributed by atoms with E-state index in [4.69, 9.17) is 16.3 Å². The fourth-order valence-electron chi connectivity index (χ4n) is 2.29. The highest BCUT2D eigenvalue weighted by Crippen LogP contribution is 2.26. The van der Waals surface area contributed by atoms with E-state index in [0.29, 0.717) is 22.7 Å². The molecule has 3 rings (SSSR count). The van der Waals surface area contributed by atoms with Gasteiger partial charge >= 0.3 is 5.97 Å². The quantitative estimate of drug-likeness (QED) is 0.492. The molecular formula is C18H17ClN4O2S. The summed E-state index contributed by atoms with van der Waals surface area (Å²) in [5.74, 6) is 0.699. The summed E-state index contributed by atoms with van der Waals surface area (Å²) in [4.78, 5) is 25.4. The number of hydrogen-bond donors (Lipinski definition) is 1. The summed E-state index contributed by atoms with van der Waals surface area (Å²) >= 11 is 7.19. The van der Waals surface area contributed by atoms with E-state index in [9.17, 15) is 4.79 Å². The topological polar surface area (TPSA) is 77.0 Å². The number of carbonyl (C=O) groups is 1. The predicted octanol–water partition coefficient (Wildman–Crippen LogP) is 4.57. The van der Waals surface area contributed by atoms with Gasteiger partial charge in [0.1, 0.15) is 5.56 Å². The fourth-order valence-corrected chi connectivity index (χ4v) is 3.22. The van der Waals surface area contributed by atoms with Crippen molar-refractivity contribution in [3.05, 3.63) is 52.7 Å². The van der Waals surface area contributed by atoms with Gasteiger partial charge in [-0.15, -0.1) is 22.9 Å². The Kier molecular flexibility index (Phi) is 5.80. The molecule has 0 aliphatic carbocycles. The van der Waals surface area contributed by atoms with E-state index in [1.54, 1.807) is 6.92 Å². The zero-order valence-corrected chi connectivity index (χ0v) is 15.9. The number of halogens is 1. The van der Waals surface area contributed by atoms with E-state index in [-0.39, 0.29) is 12.2 Å². The minimum Gasteiger partial charge on any atom is -0.462 e. The van der Waals surface area contributed by atoms with Gasteiger partial charge in [0.25, 0.3) is 0 Å². The van der Waals surface area contributed by atoms with Gasteiger partial charge in [0.2, 0.25) is 0 Å². The van der Waals surface area contributed by atoms with Crippen LogP contribution in [0.2, 0.25) is 0 Å². The minimum atomic E-state index is -0.486. The van der Waals surface area contributed by atoms with Gasteiger partial charge in [0, 0.05) is 17.1 Å². The smallest absolute Gasteiger partial charge is 0.343 e. The molecule has 0 aliphatic heterocycles. The number of anilines is 2. The van der Waals surface area contributed by atoms with Crippen LogP contribution in [0.4, 0.5) is 10.9 Å². The molecule has 0 unspecified atom stereocenters. The molecule has 0 amide bonds. The van der Waals surface area contributed by atoms with Crippen molar-refractivity contribution in [2.45, 2.75) is 19.7 Å². The van der Waals surface area contributed by atoms with Crippen LogP contribution in [0.5, 0.6) is 0 Å². The van der Waals surface area contributed by atoms with Crippen LogP contribution in [0.15, 0.2) is 35.8 Å². The molecule has 1 aromatic carbocycles. The van der Waals surface area contributed by atoms with Gasteiger partial charge in [-0.2, -0.15) is 0 Å². The first kappa shape index (κ1) is 18.3. The minimum absolute atomic E-state index is 0.255. The second-order valence-electron chi connectivity index (χ2n) is 5.45.